The lowest BCUT2D eigenvalue weighted by Crippen LogP contribution is -2.42. The fraction of sp³-hybridized carbons (Fsp3) is 0.440. The second-order valence-electron chi connectivity index (χ2n) is 8.55. The van der Waals surface area contributed by atoms with E-state index in [9.17, 15) is 14.7 Å². The van der Waals surface area contributed by atoms with Crippen molar-refractivity contribution >= 4 is 17.6 Å². The van der Waals surface area contributed by atoms with Crippen molar-refractivity contribution in [3.05, 3.63) is 65.7 Å². The molecule has 1 aliphatic rings. The van der Waals surface area contributed by atoms with Crippen LogP contribution in [0.1, 0.15) is 50.8 Å². The highest BCUT2D eigenvalue weighted by atomic mass is 16.3. The topological polar surface area (TPSA) is 72.9 Å². The predicted molar refractivity (Wildman–Crippen MR) is 123 cm³/mol. The molecule has 3 amide bonds. The number of aliphatic hydroxyl groups excluding tert-OH is 1. The Morgan fingerprint density at radius 1 is 1.06 bits per heavy atom. The molecule has 0 aromatic heterocycles. The molecule has 1 atom stereocenters. The summed E-state index contributed by atoms with van der Waals surface area (Å²) in [7, 11) is 0. The first-order valence-corrected chi connectivity index (χ1v) is 11.0. The number of nitrogens with zero attached hydrogens (tertiary/aromatic N) is 2. The second kappa shape index (κ2) is 10.4. The van der Waals surface area contributed by atoms with E-state index in [1.54, 1.807) is 11.8 Å². The molecule has 2 N–H and O–H groups in total. The molecule has 2 aromatic carbocycles. The molecule has 3 rings (SSSR count). The Labute approximate surface area is 184 Å². The minimum absolute atomic E-state index is 0.0492. The highest BCUT2D eigenvalue weighted by molar-refractivity contribution is 5.89. The summed E-state index contributed by atoms with van der Waals surface area (Å²) in [4.78, 5) is 28.0. The van der Waals surface area contributed by atoms with Gasteiger partial charge >= 0.3 is 6.03 Å². The number of piperidine rings is 1. The van der Waals surface area contributed by atoms with Crippen molar-refractivity contribution in [1.82, 2.24) is 9.80 Å². The lowest BCUT2D eigenvalue weighted by molar-refractivity contribution is -0.131. The summed E-state index contributed by atoms with van der Waals surface area (Å²) in [6, 6.07) is 17.4. The summed E-state index contributed by atoms with van der Waals surface area (Å²) in [5, 5.41) is 13.6. The third-order valence-electron chi connectivity index (χ3n) is 6.00. The van der Waals surface area contributed by atoms with Crippen LogP contribution in [0.4, 0.5) is 10.5 Å². The number of urea groups is 1. The molecule has 166 valence electrons. The van der Waals surface area contributed by atoms with E-state index in [4.69, 9.17) is 0 Å². The number of nitrogens with one attached hydrogen (secondary N) is 1. The van der Waals surface area contributed by atoms with Gasteiger partial charge in [0.1, 0.15) is 0 Å². The number of benzene rings is 2. The highest BCUT2D eigenvalue weighted by Gasteiger charge is 2.28. The minimum Gasteiger partial charge on any atom is -0.388 e. The summed E-state index contributed by atoms with van der Waals surface area (Å²) < 4.78 is 0. The van der Waals surface area contributed by atoms with E-state index in [0.717, 1.165) is 29.7 Å². The number of rotatable bonds is 6. The van der Waals surface area contributed by atoms with E-state index < -0.39 is 6.10 Å². The predicted octanol–water partition coefficient (Wildman–Crippen LogP) is 4.42. The van der Waals surface area contributed by atoms with Gasteiger partial charge in [-0.2, -0.15) is 0 Å². The fourth-order valence-corrected chi connectivity index (χ4v) is 4.09. The molecule has 0 saturated carbocycles. The smallest absolute Gasteiger partial charge is 0.321 e. The van der Waals surface area contributed by atoms with Crippen LogP contribution >= 0.6 is 0 Å². The van der Waals surface area contributed by atoms with Gasteiger partial charge in [-0.1, -0.05) is 42.5 Å². The lowest BCUT2D eigenvalue weighted by Gasteiger charge is -2.34. The van der Waals surface area contributed by atoms with Gasteiger partial charge in [-0.25, -0.2) is 4.79 Å². The molecule has 6 heteroatoms. The van der Waals surface area contributed by atoms with Crippen molar-refractivity contribution in [1.29, 1.82) is 0 Å². The third-order valence-corrected chi connectivity index (χ3v) is 6.00. The molecule has 0 bridgehead atoms. The molecule has 1 fully saturated rings. The van der Waals surface area contributed by atoms with Gasteiger partial charge in [0.15, 0.2) is 0 Å². The number of carbonyl (C=O) groups excluding carboxylic acids is 2. The molecule has 0 spiro atoms. The monoisotopic (exact) mass is 423 g/mol. The van der Waals surface area contributed by atoms with Gasteiger partial charge in [0, 0.05) is 38.3 Å². The average Bonchev–Trinajstić information content (AvgIpc) is 2.78. The van der Waals surface area contributed by atoms with Gasteiger partial charge in [0.25, 0.3) is 0 Å². The number of aliphatic hydroxyl groups is 1. The van der Waals surface area contributed by atoms with Crippen molar-refractivity contribution in [2.75, 3.05) is 18.4 Å². The average molecular weight is 424 g/mol. The van der Waals surface area contributed by atoms with Crippen LogP contribution in [0.5, 0.6) is 0 Å². The standard InChI is InChI=1S/C25H33N3O3/c1-18(2)28(19(3)29)17-20-9-11-23(12-10-20)26-25(31)27-15-13-22(14-16-27)24(30)21-7-5-4-6-8-21/h4-12,18,22,24,30H,13-17H2,1-3H3,(H,26,31). The van der Waals surface area contributed by atoms with E-state index in [2.05, 4.69) is 5.32 Å². The van der Waals surface area contributed by atoms with Crippen molar-refractivity contribution in [3.8, 4) is 0 Å². The maximum Gasteiger partial charge on any atom is 0.321 e. The summed E-state index contributed by atoms with van der Waals surface area (Å²) in [5.41, 5.74) is 2.70. The number of amides is 3. The molecule has 1 heterocycles. The van der Waals surface area contributed by atoms with Crippen LogP contribution in [0.2, 0.25) is 0 Å². The van der Waals surface area contributed by atoms with E-state index >= 15 is 0 Å². The highest BCUT2D eigenvalue weighted by Crippen LogP contribution is 2.30. The summed E-state index contributed by atoms with van der Waals surface area (Å²) in [5.74, 6) is 0.212. The number of hydrogen-bond acceptors (Lipinski definition) is 3. The van der Waals surface area contributed by atoms with Crippen LogP contribution < -0.4 is 5.32 Å². The fourth-order valence-electron chi connectivity index (χ4n) is 4.09. The van der Waals surface area contributed by atoms with Crippen molar-refractivity contribution in [2.24, 2.45) is 5.92 Å². The molecule has 0 radical (unpaired) electrons. The van der Waals surface area contributed by atoms with Gasteiger partial charge in [-0.05, 0) is 55.9 Å². The summed E-state index contributed by atoms with van der Waals surface area (Å²) >= 11 is 0. The zero-order valence-corrected chi connectivity index (χ0v) is 18.6. The van der Waals surface area contributed by atoms with Crippen LogP contribution in [-0.4, -0.2) is 46.0 Å². The number of anilines is 1. The molecule has 1 aliphatic heterocycles. The molecular formula is C25H33N3O3. The number of likely N-dealkylation sites (tertiary alicyclic amines) is 1. The Hall–Kier alpha value is -2.86. The Morgan fingerprint density at radius 2 is 1.68 bits per heavy atom. The van der Waals surface area contributed by atoms with Gasteiger partial charge in [-0.15, -0.1) is 0 Å². The Bertz CT molecular complexity index is 859. The summed E-state index contributed by atoms with van der Waals surface area (Å²) in [6.07, 6.45) is 1.07. The Kier molecular flexibility index (Phi) is 7.69. The van der Waals surface area contributed by atoms with Crippen LogP contribution in [0, 0.1) is 5.92 Å². The van der Waals surface area contributed by atoms with E-state index in [-0.39, 0.29) is 23.9 Å². The van der Waals surface area contributed by atoms with Gasteiger partial charge in [0.2, 0.25) is 5.91 Å². The van der Waals surface area contributed by atoms with Crippen molar-refractivity contribution < 1.29 is 14.7 Å². The normalized spacial score (nSPS) is 15.6. The van der Waals surface area contributed by atoms with Crippen molar-refractivity contribution in [3.63, 3.8) is 0 Å². The van der Waals surface area contributed by atoms with Gasteiger partial charge < -0.3 is 20.2 Å². The van der Waals surface area contributed by atoms with E-state index in [1.807, 2.05) is 73.3 Å². The minimum atomic E-state index is -0.487. The zero-order chi connectivity index (χ0) is 22.4. The number of carbonyl (C=O) groups is 2. The Morgan fingerprint density at radius 3 is 2.23 bits per heavy atom. The van der Waals surface area contributed by atoms with E-state index in [1.165, 1.54) is 0 Å². The first-order valence-electron chi connectivity index (χ1n) is 11.0. The second-order valence-corrected chi connectivity index (χ2v) is 8.55. The van der Waals surface area contributed by atoms with Crippen molar-refractivity contribution in [2.45, 2.75) is 52.3 Å². The maximum atomic E-state index is 12.7. The largest absolute Gasteiger partial charge is 0.388 e. The molecule has 0 aliphatic carbocycles. The van der Waals surface area contributed by atoms with E-state index in [0.29, 0.717) is 19.6 Å². The summed E-state index contributed by atoms with van der Waals surface area (Å²) in [6.45, 7) is 7.38. The van der Waals surface area contributed by atoms with Gasteiger partial charge in [0.05, 0.1) is 6.10 Å². The first kappa shape index (κ1) is 22.8. The number of hydrogen-bond donors (Lipinski definition) is 2. The quantitative estimate of drug-likeness (QED) is 0.722. The van der Waals surface area contributed by atoms with Crippen LogP contribution in [-0.2, 0) is 11.3 Å². The van der Waals surface area contributed by atoms with Crippen LogP contribution in [0.25, 0.3) is 0 Å². The van der Waals surface area contributed by atoms with Crippen LogP contribution in [0.3, 0.4) is 0 Å². The SMILES string of the molecule is CC(=O)N(Cc1ccc(NC(=O)N2CCC(C(O)c3ccccc3)CC2)cc1)C(C)C. The van der Waals surface area contributed by atoms with Crippen LogP contribution in [0.15, 0.2) is 54.6 Å². The van der Waals surface area contributed by atoms with Gasteiger partial charge in [-0.3, -0.25) is 4.79 Å². The molecule has 2 aromatic rings. The zero-order valence-electron chi connectivity index (χ0n) is 18.6. The molecule has 1 saturated heterocycles. The Balaban J connectivity index is 1.50. The molecular weight excluding hydrogens is 390 g/mol. The maximum absolute atomic E-state index is 12.7. The lowest BCUT2D eigenvalue weighted by atomic mass is 9.87. The molecule has 6 nitrogen and oxygen atoms in total. The molecule has 31 heavy (non-hydrogen) atoms. The molecule has 1 unspecified atom stereocenters. The third kappa shape index (κ3) is 6.07. The first-order chi connectivity index (χ1) is 14.8.